The summed E-state index contributed by atoms with van der Waals surface area (Å²) in [7, 11) is 0. The molecule has 118 valence electrons. The van der Waals surface area contributed by atoms with Crippen LogP contribution in [0.2, 0.25) is 0 Å². The van der Waals surface area contributed by atoms with E-state index in [1.54, 1.807) is 24.7 Å². The Bertz CT molecular complexity index is 700. The van der Waals surface area contributed by atoms with Crippen LogP contribution in [0.15, 0.2) is 35.2 Å². The van der Waals surface area contributed by atoms with Crippen LogP contribution in [0.25, 0.3) is 0 Å². The van der Waals surface area contributed by atoms with Gasteiger partial charge >= 0.3 is 6.01 Å². The van der Waals surface area contributed by atoms with Crippen molar-refractivity contribution in [1.82, 2.24) is 15.0 Å². The lowest BCUT2D eigenvalue weighted by molar-refractivity contribution is 0.213. The average Bonchev–Trinajstić information content (AvgIpc) is 2.61. The van der Waals surface area contributed by atoms with E-state index in [2.05, 4.69) is 41.9 Å². The molecule has 2 aromatic rings. The zero-order chi connectivity index (χ0) is 16.1. The summed E-state index contributed by atoms with van der Waals surface area (Å²) in [5.41, 5.74) is 0.636. The first-order valence-electron chi connectivity index (χ1n) is 7.46. The summed E-state index contributed by atoms with van der Waals surface area (Å²) in [6, 6.07) is 6.11. The first-order chi connectivity index (χ1) is 11.2. The van der Waals surface area contributed by atoms with E-state index in [9.17, 15) is 0 Å². The SMILES string of the molecule is N#Cc1ccnc(N2CCCC(COc3ncc(Br)cn3)C2)c1. The van der Waals surface area contributed by atoms with Crippen molar-refractivity contribution in [3.63, 3.8) is 0 Å². The van der Waals surface area contributed by atoms with Gasteiger partial charge in [0, 0.05) is 37.6 Å². The molecule has 0 N–H and O–H groups in total. The maximum Gasteiger partial charge on any atom is 0.316 e. The fraction of sp³-hybridized carbons (Fsp3) is 0.375. The van der Waals surface area contributed by atoms with Crippen molar-refractivity contribution in [1.29, 1.82) is 5.26 Å². The third-order valence-corrected chi connectivity index (χ3v) is 4.17. The Kier molecular flexibility index (Phi) is 5.03. The number of anilines is 1. The number of rotatable bonds is 4. The number of halogens is 1. The smallest absolute Gasteiger partial charge is 0.316 e. The average molecular weight is 374 g/mol. The summed E-state index contributed by atoms with van der Waals surface area (Å²) >= 11 is 3.30. The van der Waals surface area contributed by atoms with Crippen molar-refractivity contribution in [2.24, 2.45) is 5.92 Å². The fourth-order valence-corrected chi connectivity index (χ4v) is 2.84. The van der Waals surface area contributed by atoms with Gasteiger partial charge in [0.25, 0.3) is 0 Å². The molecule has 0 bridgehead atoms. The minimum absolute atomic E-state index is 0.392. The number of hydrogen-bond donors (Lipinski definition) is 0. The van der Waals surface area contributed by atoms with E-state index in [0.29, 0.717) is 24.1 Å². The van der Waals surface area contributed by atoms with Crippen molar-refractivity contribution in [2.75, 3.05) is 24.6 Å². The molecule has 2 aromatic heterocycles. The number of nitrogens with zero attached hydrogens (tertiary/aromatic N) is 5. The summed E-state index contributed by atoms with van der Waals surface area (Å²) < 4.78 is 6.52. The molecule has 7 heteroatoms. The summed E-state index contributed by atoms with van der Waals surface area (Å²) in [6.45, 7) is 2.39. The van der Waals surface area contributed by atoms with E-state index < -0.39 is 0 Å². The monoisotopic (exact) mass is 373 g/mol. The van der Waals surface area contributed by atoms with E-state index in [1.807, 2.05) is 6.07 Å². The maximum atomic E-state index is 9.01. The van der Waals surface area contributed by atoms with Gasteiger partial charge in [-0.05, 0) is 40.9 Å². The highest BCUT2D eigenvalue weighted by atomic mass is 79.9. The van der Waals surface area contributed by atoms with Crippen LogP contribution in [-0.4, -0.2) is 34.6 Å². The third kappa shape index (κ3) is 4.17. The normalized spacial score (nSPS) is 17.6. The molecule has 0 spiro atoms. The van der Waals surface area contributed by atoms with Crippen molar-refractivity contribution in [2.45, 2.75) is 12.8 Å². The van der Waals surface area contributed by atoms with E-state index in [1.165, 1.54) is 0 Å². The highest BCUT2D eigenvalue weighted by molar-refractivity contribution is 9.10. The highest BCUT2D eigenvalue weighted by Crippen LogP contribution is 2.22. The number of aromatic nitrogens is 3. The number of ether oxygens (including phenoxy) is 1. The zero-order valence-electron chi connectivity index (χ0n) is 12.5. The second-order valence-electron chi connectivity index (χ2n) is 5.46. The quantitative estimate of drug-likeness (QED) is 0.819. The molecule has 1 saturated heterocycles. The Morgan fingerprint density at radius 1 is 1.35 bits per heavy atom. The van der Waals surface area contributed by atoms with E-state index >= 15 is 0 Å². The molecule has 1 unspecified atom stereocenters. The Morgan fingerprint density at radius 3 is 2.96 bits per heavy atom. The van der Waals surface area contributed by atoms with Gasteiger partial charge < -0.3 is 9.64 Å². The van der Waals surface area contributed by atoms with Crippen LogP contribution in [-0.2, 0) is 0 Å². The highest BCUT2D eigenvalue weighted by Gasteiger charge is 2.22. The molecule has 3 rings (SSSR count). The number of pyridine rings is 1. The van der Waals surface area contributed by atoms with Gasteiger partial charge in [-0.3, -0.25) is 0 Å². The van der Waals surface area contributed by atoms with Crippen molar-refractivity contribution < 1.29 is 4.74 Å². The molecule has 6 nitrogen and oxygen atoms in total. The molecule has 0 aromatic carbocycles. The first-order valence-corrected chi connectivity index (χ1v) is 8.25. The summed E-state index contributed by atoms with van der Waals surface area (Å²) in [4.78, 5) is 14.8. The van der Waals surface area contributed by atoms with Gasteiger partial charge in [0.1, 0.15) is 5.82 Å². The van der Waals surface area contributed by atoms with E-state index in [0.717, 1.165) is 36.2 Å². The van der Waals surface area contributed by atoms with Crippen LogP contribution < -0.4 is 9.64 Å². The first kappa shape index (κ1) is 15.7. The van der Waals surface area contributed by atoms with Gasteiger partial charge in [0.05, 0.1) is 22.7 Å². The van der Waals surface area contributed by atoms with Crippen LogP contribution in [0.3, 0.4) is 0 Å². The van der Waals surface area contributed by atoms with Crippen molar-refractivity contribution in [3.05, 3.63) is 40.8 Å². The van der Waals surface area contributed by atoms with Gasteiger partial charge in [-0.2, -0.15) is 5.26 Å². The summed E-state index contributed by atoms with van der Waals surface area (Å²) in [5, 5.41) is 9.01. The molecule has 3 heterocycles. The standard InChI is InChI=1S/C16H16BrN5O/c17-14-8-20-16(21-9-14)23-11-13-2-1-5-22(10-13)15-6-12(7-18)3-4-19-15/h3-4,6,8-9,13H,1-2,5,10-11H2. The fourth-order valence-electron chi connectivity index (χ4n) is 2.64. The largest absolute Gasteiger partial charge is 0.463 e. The minimum atomic E-state index is 0.392. The zero-order valence-corrected chi connectivity index (χ0v) is 14.1. The third-order valence-electron chi connectivity index (χ3n) is 3.76. The van der Waals surface area contributed by atoms with Crippen molar-refractivity contribution >= 4 is 21.7 Å². The topological polar surface area (TPSA) is 74.9 Å². The molecule has 23 heavy (non-hydrogen) atoms. The molecule has 0 saturated carbocycles. The Balaban J connectivity index is 1.59. The van der Waals surface area contributed by atoms with Crippen LogP contribution in [0, 0.1) is 17.2 Å². The minimum Gasteiger partial charge on any atom is -0.463 e. The summed E-state index contributed by atoms with van der Waals surface area (Å²) in [5.74, 6) is 1.25. The van der Waals surface area contributed by atoms with Crippen LogP contribution >= 0.6 is 15.9 Å². The van der Waals surface area contributed by atoms with E-state index in [4.69, 9.17) is 10.00 Å². The Morgan fingerprint density at radius 2 is 2.17 bits per heavy atom. The molecule has 1 aliphatic rings. The lowest BCUT2D eigenvalue weighted by Gasteiger charge is -2.33. The maximum absolute atomic E-state index is 9.01. The number of nitriles is 1. The molecule has 1 fully saturated rings. The van der Waals surface area contributed by atoms with Crippen LogP contribution in [0.5, 0.6) is 6.01 Å². The predicted octanol–water partition coefficient (Wildman–Crippen LogP) is 2.80. The molecule has 0 amide bonds. The molecule has 0 aliphatic carbocycles. The molecular formula is C16H16BrN5O. The number of hydrogen-bond acceptors (Lipinski definition) is 6. The second-order valence-corrected chi connectivity index (χ2v) is 6.38. The Labute approximate surface area is 143 Å². The molecular weight excluding hydrogens is 358 g/mol. The predicted molar refractivity (Wildman–Crippen MR) is 89.1 cm³/mol. The molecule has 0 radical (unpaired) electrons. The summed E-state index contributed by atoms with van der Waals surface area (Å²) in [6.07, 6.45) is 7.21. The van der Waals surface area contributed by atoms with Gasteiger partial charge in [-0.15, -0.1) is 0 Å². The lowest BCUT2D eigenvalue weighted by Crippen LogP contribution is -2.38. The lowest BCUT2D eigenvalue weighted by atomic mass is 9.99. The van der Waals surface area contributed by atoms with Crippen LogP contribution in [0.1, 0.15) is 18.4 Å². The van der Waals surface area contributed by atoms with Crippen molar-refractivity contribution in [3.8, 4) is 12.1 Å². The van der Waals surface area contributed by atoms with Gasteiger partial charge in [-0.25, -0.2) is 15.0 Å². The molecule has 1 aliphatic heterocycles. The molecule has 1 atom stereocenters. The van der Waals surface area contributed by atoms with E-state index in [-0.39, 0.29) is 0 Å². The van der Waals surface area contributed by atoms with Gasteiger partial charge in [-0.1, -0.05) is 0 Å². The number of piperidine rings is 1. The second kappa shape index (κ2) is 7.38. The van der Waals surface area contributed by atoms with Gasteiger partial charge in [0.15, 0.2) is 0 Å². The van der Waals surface area contributed by atoms with Crippen LogP contribution in [0.4, 0.5) is 5.82 Å². The Hall–Kier alpha value is -2.20. The van der Waals surface area contributed by atoms with Gasteiger partial charge in [0.2, 0.25) is 0 Å².